The Morgan fingerprint density at radius 3 is 2.57 bits per heavy atom. The molecule has 1 aromatic heterocycles. The number of hydrogen-bond donors (Lipinski definition) is 2. The van der Waals surface area contributed by atoms with Crippen LogP contribution in [0.5, 0.6) is 0 Å². The predicted molar refractivity (Wildman–Crippen MR) is 55.9 cm³/mol. The van der Waals surface area contributed by atoms with Crippen LogP contribution in [0.3, 0.4) is 0 Å². The van der Waals surface area contributed by atoms with Crippen molar-refractivity contribution in [3.63, 3.8) is 0 Å². The molecule has 0 amide bonds. The average Bonchev–Trinajstić information content (AvgIpc) is 2.14. The van der Waals surface area contributed by atoms with Gasteiger partial charge in [-0.3, -0.25) is 5.43 Å². The summed E-state index contributed by atoms with van der Waals surface area (Å²) in [7, 11) is 0. The fraction of sp³-hybridized carbons (Fsp3) is 0.625. The first-order valence-corrected chi connectivity index (χ1v) is 4.83. The largest absolute Gasteiger partial charge is 0.289 e. The average molecular weight is 216 g/mol. The standard InChI is InChI=1S/C8H14ClN5/c1-5(2)6(3)13-14-8-11-4-10-7(9)12-8/h4-6,13H,1-3H3,(H,10,11,12,14). The molecule has 1 aromatic rings. The topological polar surface area (TPSA) is 62.7 Å². The molecule has 0 bridgehead atoms. The number of nitrogens with zero attached hydrogens (tertiary/aromatic N) is 3. The molecule has 14 heavy (non-hydrogen) atoms. The lowest BCUT2D eigenvalue weighted by Crippen LogP contribution is -2.36. The molecule has 0 aliphatic rings. The zero-order chi connectivity index (χ0) is 10.6. The van der Waals surface area contributed by atoms with Gasteiger partial charge >= 0.3 is 0 Å². The summed E-state index contributed by atoms with van der Waals surface area (Å²) in [6, 6.07) is 0.325. The molecule has 78 valence electrons. The third-order valence-corrected chi connectivity index (χ3v) is 2.14. The lowest BCUT2D eigenvalue weighted by atomic mass is 10.1. The molecular formula is C8H14ClN5. The minimum absolute atomic E-state index is 0.182. The summed E-state index contributed by atoms with van der Waals surface area (Å²) in [4.78, 5) is 11.4. The van der Waals surface area contributed by atoms with Crippen molar-refractivity contribution in [2.24, 2.45) is 5.92 Å². The zero-order valence-corrected chi connectivity index (χ0v) is 9.21. The van der Waals surface area contributed by atoms with Gasteiger partial charge in [0.25, 0.3) is 0 Å². The fourth-order valence-corrected chi connectivity index (χ4v) is 0.805. The molecule has 0 radical (unpaired) electrons. The Labute approximate surface area is 88.3 Å². The fourth-order valence-electron chi connectivity index (χ4n) is 0.682. The highest BCUT2D eigenvalue weighted by molar-refractivity contribution is 6.28. The minimum Gasteiger partial charge on any atom is -0.289 e. The summed E-state index contributed by atoms with van der Waals surface area (Å²) < 4.78 is 0. The number of aromatic nitrogens is 3. The van der Waals surface area contributed by atoms with Crippen molar-refractivity contribution in [1.29, 1.82) is 0 Å². The zero-order valence-electron chi connectivity index (χ0n) is 8.45. The van der Waals surface area contributed by atoms with E-state index < -0.39 is 0 Å². The molecule has 0 saturated heterocycles. The van der Waals surface area contributed by atoms with Gasteiger partial charge in [0.15, 0.2) is 0 Å². The Morgan fingerprint density at radius 1 is 1.29 bits per heavy atom. The third-order valence-electron chi connectivity index (χ3n) is 1.95. The van der Waals surface area contributed by atoms with Crippen molar-refractivity contribution in [2.75, 3.05) is 5.43 Å². The molecule has 0 aliphatic heterocycles. The summed E-state index contributed by atoms with van der Waals surface area (Å²) in [6.07, 6.45) is 1.36. The molecule has 2 N–H and O–H groups in total. The SMILES string of the molecule is CC(C)C(C)NNc1ncnc(Cl)n1. The van der Waals surface area contributed by atoms with Gasteiger partial charge < -0.3 is 0 Å². The van der Waals surface area contributed by atoms with E-state index in [-0.39, 0.29) is 5.28 Å². The van der Waals surface area contributed by atoms with Crippen molar-refractivity contribution in [2.45, 2.75) is 26.8 Å². The van der Waals surface area contributed by atoms with Crippen LogP contribution in [0.2, 0.25) is 5.28 Å². The smallest absolute Gasteiger partial charge is 0.241 e. The van der Waals surface area contributed by atoms with E-state index in [4.69, 9.17) is 11.6 Å². The normalized spacial score (nSPS) is 12.9. The van der Waals surface area contributed by atoms with Gasteiger partial charge in [0.2, 0.25) is 11.2 Å². The molecule has 6 heteroatoms. The predicted octanol–water partition coefficient (Wildman–Crippen LogP) is 1.49. The van der Waals surface area contributed by atoms with E-state index in [0.717, 1.165) is 0 Å². The Balaban J connectivity index is 2.45. The second-order valence-electron chi connectivity index (χ2n) is 3.38. The van der Waals surface area contributed by atoms with Crippen molar-refractivity contribution < 1.29 is 0 Å². The van der Waals surface area contributed by atoms with E-state index in [0.29, 0.717) is 17.9 Å². The number of hydrazine groups is 1. The van der Waals surface area contributed by atoms with Gasteiger partial charge in [-0.2, -0.15) is 4.98 Å². The van der Waals surface area contributed by atoms with Crippen LogP contribution in [0.4, 0.5) is 5.95 Å². The summed E-state index contributed by atoms with van der Waals surface area (Å²) in [5.41, 5.74) is 5.93. The van der Waals surface area contributed by atoms with E-state index in [2.05, 4.69) is 46.6 Å². The molecule has 0 spiro atoms. The van der Waals surface area contributed by atoms with Crippen molar-refractivity contribution in [3.05, 3.63) is 11.6 Å². The minimum atomic E-state index is 0.182. The van der Waals surface area contributed by atoms with Crippen LogP contribution in [0.15, 0.2) is 6.33 Å². The summed E-state index contributed by atoms with van der Waals surface area (Å²) in [6.45, 7) is 6.32. The van der Waals surface area contributed by atoms with Gasteiger partial charge in [0.1, 0.15) is 6.33 Å². The maximum Gasteiger partial charge on any atom is 0.241 e. The van der Waals surface area contributed by atoms with Gasteiger partial charge in [-0.05, 0) is 24.4 Å². The highest BCUT2D eigenvalue weighted by Crippen LogP contribution is 2.03. The second-order valence-corrected chi connectivity index (χ2v) is 3.72. The van der Waals surface area contributed by atoms with E-state index in [1.54, 1.807) is 0 Å². The van der Waals surface area contributed by atoms with Gasteiger partial charge in [0.05, 0.1) is 0 Å². The van der Waals surface area contributed by atoms with Gasteiger partial charge in [0, 0.05) is 6.04 Å². The van der Waals surface area contributed by atoms with E-state index in [9.17, 15) is 0 Å². The number of nitrogens with one attached hydrogen (secondary N) is 2. The first-order valence-electron chi connectivity index (χ1n) is 4.45. The highest BCUT2D eigenvalue weighted by Gasteiger charge is 2.06. The lowest BCUT2D eigenvalue weighted by Gasteiger charge is -2.17. The van der Waals surface area contributed by atoms with Crippen molar-refractivity contribution in [1.82, 2.24) is 20.4 Å². The van der Waals surface area contributed by atoms with Crippen LogP contribution in [-0.4, -0.2) is 21.0 Å². The molecule has 1 rings (SSSR count). The maximum atomic E-state index is 5.59. The van der Waals surface area contributed by atoms with E-state index in [1.807, 2.05) is 0 Å². The quantitative estimate of drug-likeness (QED) is 0.746. The van der Waals surface area contributed by atoms with Crippen LogP contribution >= 0.6 is 11.6 Å². The molecule has 0 saturated carbocycles. The second kappa shape index (κ2) is 5.07. The first kappa shape index (κ1) is 11.1. The van der Waals surface area contributed by atoms with Gasteiger partial charge in [-0.25, -0.2) is 15.4 Å². The Morgan fingerprint density at radius 2 is 2.00 bits per heavy atom. The first-order chi connectivity index (χ1) is 6.59. The number of halogens is 1. The molecule has 1 heterocycles. The number of anilines is 1. The molecular weight excluding hydrogens is 202 g/mol. The Bertz CT molecular complexity index is 291. The summed E-state index contributed by atoms with van der Waals surface area (Å²) in [5.74, 6) is 0.956. The molecule has 1 unspecified atom stereocenters. The van der Waals surface area contributed by atoms with Crippen LogP contribution in [-0.2, 0) is 0 Å². The molecule has 0 fully saturated rings. The monoisotopic (exact) mass is 215 g/mol. The summed E-state index contributed by atoms with van der Waals surface area (Å²) >= 11 is 5.59. The number of rotatable bonds is 4. The van der Waals surface area contributed by atoms with E-state index >= 15 is 0 Å². The molecule has 5 nitrogen and oxygen atoms in total. The lowest BCUT2D eigenvalue weighted by molar-refractivity contribution is 0.454. The van der Waals surface area contributed by atoms with Gasteiger partial charge in [-0.15, -0.1) is 0 Å². The van der Waals surface area contributed by atoms with Crippen molar-refractivity contribution in [3.8, 4) is 0 Å². The number of hydrogen-bond acceptors (Lipinski definition) is 5. The van der Waals surface area contributed by atoms with Gasteiger partial charge in [-0.1, -0.05) is 13.8 Å². The van der Waals surface area contributed by atoms with E-state index in [1.165, 1.54) is 6.33 Å². The summed E-state index contributed by atoms with van der Waals surface area (Å²) in [5, 5.41) is 0.182. The molecule has 0 aromatic carbocycles. The Kier molecular flexibility index (Phi) is 4.03. The van der Waals surface area contributed by atoms with Crippen LogP contribution in [0.25, 0.3) is 0 Å². The maximum absolute atomic E-state index is 5.59. The van der Waals surface area contributed by atoms with Crippen molar-refractivity contribution >= 4 is 17.5 Å². The third kappa shape index (κ3) is 3.43. The molecule has 1 atom stereocenters. The Hall–Kier alpha value is -0.940. The highest BCUT2D eigenvalue weighted by atomic mass is 35.5. The van der Waals surface area contributed by atoms with Crippen LogP contribution in [0.1, 0.15) is 20.8 Å². The van der Waals surface area contributed by atoms with Crippen LogP contribution < -0.4 is 10.9 Å². The van der Waals surface area contributed by atoms with Crippen LogP contribution in [0, 0.1) is 5.92 Å². The molecule has 0 aliphatic carbocycles.